The summed E-state index contributed by atoms with van der Waals surface area (Å²) in [7, 11) is 1.85. The standard InChI is InChI=1S/C13H18N6O/c1-10-12(8-15-17(10)2)13(20)18-6-3-4-11(9-18)19-7-5-14-16-19/h5,7-8,11H,3-4,6,9H2,1-2H3/t11-/m0/s1. The third-order valence-electron chi connectivity index (χ3n) is 3.96. The number of hydrogen-bond donors (Lipinski definition) is 0. The van der Waals surface area contributed by atoms with E-state index in [1.807, 2.05) is 29.7 Å². The van der Waals surface area contributed by atoms with Gasteiger partial charge in [-0.2, -0.15) is 5.10 Å². The van der Waals surface area contributed by atoms with Crippen molar-refractivity contribution in [2.75, 3.05) is 13.1 Å². The van der Waals surface area contributed by atoms with Crippen molar-refractivity contribution in [3.05, 3.63) is 29.8 Å². The lowest BCUT2D eigenvalue weighted by molar-refractivity contribution is 0.0671. The summed E-state index contributed by atoms with van der Waals surface area (Å²) >= 11 is 0. The van der Waals surface area contributed by atoms with Crippen LogP contribution in [-0.4, -0.2) is 48.7 Å². The maximum Gasteiger partial charge on any atom is 0.257 e. The third kappa shape index (κ3) is 2.19. The van der Waals surface area contributed by atoms with Crippen molar-refractivity contribution in [1.29, 1.82) is 0 Å². The van der Waals surface area contributed by atoms with Crippen molar-refractivity contribution in [2.45, 2.75) is 25.8 Å². The predicted molar refractivity (Wildman–Crippen MR) is 72.1 cm³/mol. The number of rotatable bonds is 2. The molecule has 1 fully saturated rings. The summed E-state index contributed by atoms with van der Waals surface area (Å²) in [5.41, 5.74) is 1.59. The smallest absolute Gasteiger partial charge is 0.257 e. The highest BCUT2D eigenvalue weighted by atomic mass is 16.2. The van der Waals surface area contributed by atoms with Crippen LogP contribution in [-0.2, 0) is 7.05 Å². The van der Waals surface area contributed by atoms with Gasteiger partial charge in [-0.25, -0.2) is 4.68 Å². The number of hydrogen-bond acceptors (Lipinski definition) is 4. The Morgan fingerprint density at radius 2 is 2.30 bits per heavy atom. The number of amides is 1. The number of piperidine rings is 1. The summed E-state index contributed by atoms with van der Waals surface area (Å²) in [6, 6.07) is 0.215. The van der Waals surface area contributed by atoms with Gasteiger partial charge >= 0.3 is 0 Å². The van der Waals surface area contributed by atoms with Gasteiger partial charge in [-0.3, -0.25) is 9.48 Å². The highest BCUT2D eigenvalue weighted by Crippen LogP contribution is 2.22. The average Bonchev–Trinajstić information content (AvgIpc) is 3.10. The summed E-state index contributed by atoms with van der Waals surface area (Å²) in [4.78, 5) is 14.5. The van der Waals surface area contributed by atoms with Gasteiger partial charge in [0.15, 0.2) is 0 Å². The summed E-state index contributed by atoms with van der Waals surface area (Å²) in [6.07, 6.45) is 7.19. The van der Waals surface area contributed by atoms with Crippen LogP contribution in [0.2, 0.25) is 0 Å². The first kappa shape index (κ1) is 12.8. The van der Waals surface area contributed by atoms with Crippen LogP contribution in [0.25, 0.3) is 0 Å². The van der Waals surface area contributed by atoms with Crippen molar-refractivity contribution < 1.29 is 4.79 Å². The number of carbonyl (C=O) groups excluding carboxylic acids is 1. The van der Waals surface area contributed by atoms with Crippen molar-refractivity contribution in [3.8, 4) is 0 Å². The molecule has 0 bridgehead atoms. The molecule has 20 heavy (non-hydrogen) atoms. The van der Waals surface area contributed by atoms with Gasteiger partial charge in [-0.15, -0.1) is 5.10 Å². The molecule has 106 valence electrons. The van der Waals surface area contributed by atoms with E-state index in [4.69, 9.17) is 0 Å². The first-order valence-electron chi connectivity index (χ1n) is 6.80. The summed E-state index contributed by atoms with van der Waals surface area (Å²) in [5, 5.41) is 12.0. The Balaban J connectivity index is 1.77. The van der Waals surface area contributed by atoms with Gasteiger partial charge < -0.3 is 4.90 Å². The molecule has 2 aromatic heterocycles. The molecule has 1 saturated heterocycles. The molecular weight excluding hydrogens is 256 g/mol. The minimum atomic E-state index is 0.0559. The fourth-order valence-electron chi connectivity index (χ4n) is 2.65. The minimum absolute atomic E-state index is 0.0559. The molecule has 0 radical (unpaired) electrons. The maximum atomic E-state index is 12.6. The van der Waals surface area contributed by atoms with E-state index in [0.717, 1.165) is 25.1 Å². The van der Waals surface area contributed by atoms with E-state index in [9.17, 15) is 4.79 Å². The molecule has 3 heterocycles. The Morgan fingerprint density at radius 1 is 1.45 bits per heavy atom. The second-order valence-electron chi connectivity index (χ2n) is 5.20. The van der Waals surface area contributed by atoms with Crippen LogP contribution in [0.15, 0.2) is 18.6 Å². The van der Waals surface area contributed by atoms with E-state index in [-0.39, 0.29) is 11.9 Å². The Labute approximate surface area is 117 Å². The molecule has 1 atom stereocenters. The van der Waals surface area contributed by atoms with Crippen molar-refractivity contribution in [2.24, 2.45) is 7.05 Å². The lowest BCUT2D eigenvalue weighted by Gasteiger charge is -2.32. The van der Waals surface area contributed by atoms with E-state index in [0.29, 0.717) is 12.1 Å². The number of carbonyl (C=O) groups is 1. The molecule has 1 aliphatic heterocycles. The zero-order valence-corrected chi connectivity index (χ0v) is 11.7. The quantitative estimate of drug-likeness (QED) is 0.812. The van der Waals surface area contributed by atoms with Gasteiger partial charge in [-0.05, 0) is 19.8 Å². The molecule has 0 unspecified atom stereocenters. The maximum absolute atomic E-state index is 12.6. The Kier molecular flexibility index (Phi) is 3.25. The average molecular weight is 274 g/mol. The zero-order valence-electron chi connectivity index (χ0n) is 11.7. The number of nitrogens with zero attached hydrogens (tertiary/aromatic N) is 6. The van der Waals surface area contributed by atoms with E-state index in [1.54, 1.807) is 17.1 Å². The van der Waals surface area contributed by atoms with E-state index in [1.165, 1.54) is 0 Å². The van der Waals surface area contributed by atoms with Crippen molar-refractivity contribution in [3.63, 3.8) is 0 Å². The molecule has 2 aromatic rings. The Bertz CT molecular complexity index is 602. The Morgan fingerprint density at radius 3 is 2.95 bits per heavy atom. The van der Waals surface area contributed by atoms with Crippen LogP contribution in [0.4, 0.5) is 0 Å². The minimum Gasteiger partial charge on any atom is -0.336 e. The van der Waals surface area contributed by atoms with Gasteiger partial charge in [0.1, 0.15) is 0 Å². The predicted octanol–water partition coefficient (Wildman–Crippen LogP) is 0.797. The van der Waals surface area contributed by atoms with Crippen LogP contribution in [0.1, 0.15) is 34.9 Å². The van der Waals surface area contributed by atoms with E-state index in [2.05, 4.69) is 15.4 Å². The molecule has 1 aliphatic rings. The van der Waals surface area contributed by atoms with Crippen LogP contribution in [0.5, 0.6) is 0 Å². The van der Waals surface area contributed by atoms with Gasteiger partial charge in [-0.1, -0.05) is 5.21 Å². The van der Waals surface area contributed by atoms with Crippen LogP contribution in [0, 0.1) is 6.92 Å². The summed E-state index contributed by atoms with van der Waals surface area (Å²) in [5.74, 6) is 0.0559. The van der Waals surface area contributed by atoms with Crippen LogP contribution in [0.3, 0.4) is 0 Å². The fourth-order valence-corrected chi connectivity index (χ4v) is 2.65. The summed E-state index contributed by atoms with van der Waals surface area (Å²) in [6.45, 7) is 3.38. The van der Waals surface area contributed by atoms with Crippen LogP contribution >= 0.6 is 0 Å². The molecule has 0 aliphatic carbocycles. The highest BCUT2D eigenvalue weighted by molar-refractivity contribution is 5.95. The van der Waals surface area contributed by atoms with E-state index >= 15 is 0 Å². The monoisotopic (exact) mass is 274 g/mol. The molecule has 7 heteroatoms. The lowest BCUT2D eigenvalue weighted by Crippen LogP contribution is -2.41. The normalized spacial score (nSPS) is 19.3. The van der Waals surface area contributed by atoms with Gasteiger partial charge in [0.2, 0.25) is 0 Å². The lowest BCUT2D eigenvalue weighted by atomic mass is 10.0. The molecule has 0 N–H and O–H groups in total. The molecule has 1 amide bonds. The largest absolute Gasteiger partial charge is 0.336 e. The molecule has 7 nitrogen and oxygen atoms in total. The van der Waals surface area contributed by atoms with Crippen molar-refractivity contribution >= 4 is 5.91 Å². The Hall–Kier alpha value is -2.18. The first-order valence-corrected chi connectivity index (χ1v) is 6.80. The van der Waals surface area contributed by atoms with E-state index < -0.39 is 0 Å². The summed E-state index contributed by atoms with van der Waals surface area (Å²) < 4.78 is 3.57. The van der Waals surface area contributed by atoms with Gasteiger partial charge in [0, 0.05) is 32.0 Å². The number of aromatic nitrogens is 5. The molecular formula is C13H18N6O. The topological polar surface area (TPSA) is 68.8 Å². The second kappa shape index (κ2) is 5.07. The number of likely N-dealkylation sites (tertiary alicyclic amines) is 1. The first-order chi connectivity index (χ1) is 9.66. The van der Waals surface area contributed by atoms with Gasteiger partial charge in [0.25, 0.3) is 5.91 Å². The highest BCUT2D eigenvalue weighted by Gasteiger charge is 2.27. The van der Waals surface area contributed by atoms with Crippen LogP contribution < -0.4 is 0 Å². The van der Waals surface area contributed by atoms with Crippen molar-refractivity contribution in [1.82, 2.24) is 29.7 Å². The molecule has 3 rings (SSSR count). The zero-order chi connectivity index (χ0) is 14.1. The molecule has 0 saturated carbocycles. The number of aryl methyl sites for hydroxylation is 1. The SMILES string of the molecule is Cc1c(C(=O)N2CCC[C@H](n3ccnn3)C2)cnn1C. The fraction of sp³-hybridized carbons (Fsp3) is 0.538. The molecule has 0 aromatic carbocycles. The molecule has 0 spiro atoms. The second-order valence-corrected chi connectivity index (χ2v) is 5.20. The third-order valence-corrected chi connectivity index (χ3v) is 3.96. The van der Waals surface area contributed by atoms with Gasteiger partial charge in [0.05, 0.1) is 24.0 Å².